The van der Waals surface area contributed by atoms with Crippen molar-refractivity contribution in [3.05, 3.63) is 64.8 Å². The Labute approximate surface area is 296 Å². The van der Waals surface area contributed by atoms with Crippen LogP contribution in [-0.4, -0.2) is 66.0 Å². The van der Waals surface area contributed by atoms with Gasteiger partial charge in [0.25, 0.3) is 0 Å². The molecule has 1 heterocycles. The molecule has 1 aliphatic rings. The number of methoxy groups -OCH3 is 1. The molecule has 0 unspecified atom stereocenters. The van der Waals surface area contributed by atoms with Crippen molar-refractivity contribution in [2.45, 2.75) is 162 Å². The Hall–Kier alpha value is -1.53. The lowest BCUT2D eigenvalue weighted by Crippen LogP contribution is -2.45. The molecule has 1 aliphatic heterocycles. The van der Waals surface area contributed by atoms with Gasteiger partial charge in [-0.15, -0.1) is 0 Å². The van der Waals surface area contributed by atoms with E-state index in [-0.39, 0.29) is 30.5 Å². The lowest BCUT2D eigenvalue weighted by atomic mass is 9.94. The Morgan fingerprint density at radius 2 is 1.44 bits per heavy atom. The molecule has 0 aliphatic carbocycles. The highest BCUT2D eigenvalue weighted by atomic mass is 28.4. The molecule has 0 bridgehead atoms. The zero-order valence-corrected chi connectivity index (χ0v) is 34.5. The van der Waals surface area contributed by atoms with Crippen LogP contribution in [0.1, 0.15) is 100 Å². The van der Waals surface area contributed by atoms with Crippen LogP contribution in [0.25, 0.3) is 0 Å². The van der Waals surface area contributed by atoms with Crippen molar-refractivity contribution in [3.63, 3.8) is 0 Å². The second-order valence-electron chi connectivity index (χ2n) is 14.1. The highest BCUT2D eigenvalue weighted by Gasteiger charge is 2.58. The molecule has 8 heteroatoms. The second-order valence-corrected chi connectivity index (χ2v) is 23.5. The summed E-state index contributed by atoms with van der Waals surface area (Å²) in [6, 6.07) is 14.8. The van der Waals surface area contributed by atoms with E-state index < -0.39 is 16.6 Å². The van der Waals surface area contributed by atoms with Crippen LogP contribution in [0.4, 0.5) is 0 Å². The molecule has 0 amide bonds. The maximum atomic E-state index is 9.65. The molecule has 2 rings (SSSR count). The summed E-state index contributed by atoms with van der Waals surface area (Å²) in [6.45, 7) is 23.7. The fourth-order valence-electron chi connectivity index (χ4n) is 6.58. The maximum Gasteiger partial charge on any atom is 0.192 e. The molecule has 0 spiro atoms. The van der Waals surface area contributed by atoms with Gasteiger partial charge < -0.3 is 28.2 Å². The van der Waals surface area contributed by atoms with Crippen molar-refractivity contribution in [1.29, 1.82) is 0 Å². The molecule has 0 radical (unpaired) electrons. The summed E-state index contributed by atoms with van der Waals surface area (Å²) in [6.07, 6.45) is 10.5. The Morgan fingerprint density at radius 3 is 1.98 bits per heavy atom. The molecule has 1 aromatic rings. The number of hydrogen-bond acceptors (Lipinski definition) is 6. The van der Waals surface area contributed by atoms with Gasteiger partial charge in [-0.3, -0.25) is 0 Å². The average molecular weight is 703 g/mol. The van der Waals surface area contributed by atoms with E-state index >= 15 is 0 Å². The fraction of sp³-hybridized carbons (Fsp3) is 0.700. The summed E-state index contributed by atoms with van der Waals surface area (Å²) in [5.74, 6) is 0.860. The van der Waals surface area contributed by atoms with Crippen molar-refractivity contribution in [1.82, 2.24) is 0 Å². The zero-order valence-electron chi connectivity index (χ0n) is 32.5. The van der Waals surface area contributed by atoms with Crippen molar-refractivity contribution in [2.24, 2.45) is 0 Å². The van der Waals surface area contributed by atoms with Crippen LogP contribution >= 0.6 is 0 Å². The summed E-state index contributed by atoms with van der Waals surface area (Å²) in [4.78, 5) is 0. The van der Waals surface area contributed by atoms with Gasteiger partial charge >= 0.3 is 0 Å². The van der Waals surface area contributed by atoms with Gasteiger partial charge in [0, 0.05) is 0 Å². The number of allylic oxidation sites excluding steroid dienone is 1. The molecule has 0 aromatic heterocycles. The predicted octanol–water partition coefficient (Wildman–Crippen LogP) is 10.5. The third kappa shape index (κ3) is 12.7. The molecule has 1 N–H and O–H groups in total. The number of hydrogen-bond donors (Lipinski definition) is 1. The van der Waals surface area contributed by atoms with Crippen molar-refractivity contribution < 1.29 is 28.2 Å². The number of aliphatic hydroxyl groups is 1. The van der Waals surface area contributed by atoms with Gasteiger partial charge in [0.1, 0.15) is 11.4 Å². The number of ether oxygens (including phenoxy) is 3. The lowest BCUT2D eigenvalue weighted by Gasteiger charge is -2.35. The minimum Gasteiger partial charge on any atom is -0.497 e. The van der Waals surface area contributed by atoms with E-state index in [4.69, 9.17) is 23.1 Å². The highest BCUT2D eigenvalue weighted by Crippen LogP contribution is 2.46. The van der Waals surface area contributed by atoms with Gasteiger partial charge in [-0.1, -0.05) is 83.0 Å². The summed E-state index contributed by atoms with van der Waals surface area (Å²) >= 11 is 0. The number of rotatable bonds is 25. The largest absolute Gasteiger partial charge is 0.497 e. The molecule has 6 nitrogen and oxygen atoms in total. The van der Waals surface area contributed by atoms with E-state index in [1.807, 2.05) is 31.2 Å². The van der Waals surface area contributed by atoms with Crippen LogP contribution in [0.3, 0.4) is 0 Å². The Balaban J connectivity index is 2.13. The summed E-state index contributed by atoms with van der Waals surface area (Å²) in [5, 5.41) is 9.65. The first-order valence-electron chi connectivity index (χ1n) is 18.8. The Bertz CT molecular complexity index is 1140. The molecule has 1 saturated heterocycles. The molecule has 1 aromatic carbocycles. The lowest BCUT2D eigenvalue weighted by molar-refractivity contribution is 0.0981. The van der Waals surface area contributed by atoms with Gasteiger partial charge in [0.15, 0.2) is 16.6 Å². The zero-order chi connectivity index (χ0) is 35.8. The first-order chi connectivity index (χ1) is 22.9. The van der Waals surface area contributed by atoms with E-state index in [1.165, 1.54) is 11.1 Å². The quantitative estimate of drug-likeness (QED) is 0.0473. The monoisotopic (exact) mass is 702 g/mol. The molecular formula is C40H70O6Si2. The van der Waals surface area contributed by atoms with E-state index in [9.17, 15) is 5.11 Å². The summed E-state index contributed by atoms with van der Waals surface area (Å²) in [5.41, 5.74) is 4.46. The van der Waals surface area contributed by atoms with E-state index in [0.29, 0.717) is 13.2 Å². The molecule has 48 heavy (non-hydrogen) atoms. The normalized spacial score (nSPS) is 20.6. The highest BCUT2D eigenvalue weighted by molar-refractivity contribution is 6.74. The van der Waals surface area contributed by atoms with Crippen LogP contribution in [0, 0.1) is 0 Å². The van der Waals surface area contributed by atoms with E-state index in [1.54, 1.807) is 7.11 Å². The van der Waals surface area contributed by atoms with E-state index in [0.717, 1.165) is 78.8 Å². The second kappa shape index (κ2) is 21.0. The number of benzene rings is 1. The Kier molecular flexibility index (Phi) is 18.6. The van der Waals surface area contributed by atoms with Crippen molar-refractivity contribution in [3.8, 4) is 5.75 Å². The molecule has 4 atom stereocenters. The minimum atomic E-state index is -1.84. The van der Waals surface area contributed by atoms with Crippen LogP contribution in [-0.2, 0) is 24.9 Å². The van der Waals surface area contributed by atoms with Crippen LogP contribution in [0.2, 0.25) is 36.3 Å². The smallest absolute Gasteiger partial charge is 0.192 e. The standard InChI is InChI=1S/C40H70O6Si2/c1-12-47(13-2,14-3)45-37(25-18-32(7)28-29-43-31-35-21-23-36(42-11)24-22-35)34(9)20-27-38-40(10,44-38)39(26-19-33(8)30-41)46-48(15-4,16-5)17-6/h19-24,28,37-39,41H,12-18,25-27,29-31H2,1-11H3/b32-28+,33-19+,34-20-/t37-,38-,39-,40+/m0/s1. The van der Waals surface area contributed by atoms with Crippen molar-refractivity contribution in [2.75, 3.05) is 20.3 Å². The van der Waals surface area contributed by atoms with Crippen LogP contribution in [0.15, 0.2) is 59.2 Å². The third-order valence-electron chi connectivity index (χ3n) is 11.1. The van der Waals surface area contributed by atoms with Crippen LogP contribution in [0.5, 0.6) is 5.75 Å². The number of aliphatic hydroxyl groups excluding tert-OH is 1. The predicted molar refractivity (Wildman–Crippen MR) is 207 cm³/mol. The van der Waals surface area contributed by atoms with E-state index in [2.05, 4.69) is 80.5 Å². The molecule has 1 fully saturated rings. The SMILES string of the molecule is CC[Si](CC)(CC)O[C@@H](CC/C(C)=C/COCc1ccc(OC)cc1)/C(C)=C\C[C@@H]1O[C@@]1(C)[C@H](C/C=C(\C)CO)O[Si](CC)(CC)CC. The van der Waals surface area contributed by atoms with Crippen LogP contribution < -0.4 is 4.74 Å². The van der Waals surface area contributed by atoms with Crippen molar-refractivity contribution >= 4 is 16.6 Å². The fourth-order valence-corrected chi connectivity index (χ4v) is 12.4. The van der Waals surface area contributed by atoms with Gasteiger partial charge in [0.2, 0.25) is 0 Å². The number of epoxide rings is 1. The maximum absolute atomic E-state index is 9.65. The van der Waals surface area contributed by atoms with Gasteiger partial charge in [-0.25, -0.2) is 0 Å². The first-order valence-corrected chi connectivity index (χ1v) is 23.8. The topological polar surface area (TPSA) is 69.7 Å². The molecular weight excluding hydrogens is 633 g/mol. The summed E-state index contributed by atoms with van der Waals surface area (Å²) in [7, 11) is -1.97. The van der Waals surface area contributed by atoms with Gasteiger partial charge in [-0.2, -0.15) is 0 Å². The first kappa shape index (κ1) is 42.6. The third-order valence-corrected chi connectivity index (χ3v) is 20.4. The average Bonchev–Trinajstić information content (AvgIpc) is 3.80. The molecule has 0 saturated carbocycles. The Morgan fingerprint density at radius 1 is 0.854 bits per heavy atom. The molecule has 274 valence electrons. The summed E-state index contributed by atoms with van der Waals surface area (Å²) < 4.78 is 31.9. The van der Waals surface area contributed by atoms with Gasteiger partial charge in [0.05, 0.1) is 45.2 Å². The minimum absolute atomic E-state index is 0.00340. The van der Waals surface area contributed by atoms with Gasteiger partial charge in [-0.05, 0) is 113 Å².